The summed E-state index contributed by atoms with van der Waals surface area (Å²) in [6.07, 6.45) is 7.30. The fraction of sp³-hybridized carbons (Fsp3) is 0.474. The Labute approximate surface area is 169 Å². The van der Waals surface area contributed by atoms with E-state index >= 15 is 0 Å². The van der Waals surface area contributed by atoms with Gasteiger partial charge in [-0.15, -0.1) is 5.10 Å². The first kappa shape index (κ1) is 20.3. The highest BCUT2D eigenvalue weighted by Crippen LogP contribution is 2.23. The maximum absolute atomic E-state index is 12.5. The molecule has 0 saturated carbocycles. The fourth-order valence-corrected chi connectivity index (χ4v) is 3.62. The maximum Gasteiger partial charge on any atom is 0.252 e. The molecule has 2 heterocycles. The van der Waals surface area contributed by atoms with Crippen molar-refractivity contribution in [2.45, 2.75) is 25.8 Å². The second-order valence-corrected chi connectivity index (χ2v) is 7.50. The lowest BCUT2D eigenvalue weighted by atomic mass is 9.96. The van der Waals surface area contributed by atoms with E-state index in [9.17, 15) is 9.59 Å². The van der Waals surface area contributed by atoms with Crippen LogP contribution in [0.25, 0.3) is 0 Å². The molecule has 1 aromatic heterocycles. The number of halogens is 1. The lowest BCUT2D eigenvalue weighted by Crippen LogP contribution is -2.39. The first-order valence-corrected chi connectivity index (χ1v) is 9.83. The van der Waals surface area contributed by atoms with E-state index < -0.39 is 0 Å². The van der Waals surface area contributed by atoms with Gasteiger partial charge in [-0.3, -0.25) is 14.3 Å². The molecule has 1 aliphatic heterocycles. The van der Waals surface area contributed by atoms with E-state index in [1.54, 1.807) is 6.20 Å². The van der Waals surface area contributed by atoms with Crippen LogP contribution in [-0.2, 0) is 6.54 Å². The molecule has 0 aliphatic carbocycles. The van der Waals surface area contributed by atoms with Gasteiger partial charge in [-0.05, 0) is 56.9 Å². The lowest BCUT2D eigenvalue weighted by molar-refractivity contribution is 0.0931. The number of nitrogens with one attached hydrogen (secondary N) is 1. The Balaban J connectivity index is 1.41. The number of carbonyl (C=O) groups excluding carboxylic acids is 2. The second kappa shape index (κ2) is 9.66. The normalized spacial score (nSPS) is 15.5. The van der Waals surface area contributed by atoms with E-state index in [0.29, 0.717) is 18.7 Å². The zero-order valence-electron chi connectivity index (χ0n) is 15.7. The molecular formula is C19H25ClN6O2. The van der Waals surface area contributed by atoms with Crippen molar-refractivity contribution in [3.8, 4) is 0 Å². The van der Waals surface area contributed by atoms with Gasteiger partial charge >= 0.3 is 0 Å². The van der Waals surface area contributed by atoms with E-state index in [1.165, 1.54) is 12.1 Å². The van der Waals surface area contributed by atoms with Crippen LogP contribution in [0.15, 0.2) is 24.5 Å². The molecule has 0 spiro atoms. The summed E-state index contributed by atoms with van der Waals surface area (Å²) >= 11 is 5.99. The predicted molar refractivity (Wildman–Crippen MR) is 107 cm³/mol. The molecule has 1 amide bonds. The molecule has 1 saturated heterocycles. The van der Waals surface area contributed by atoms with Crippen molar-refractivity contribution in [1.29, 1.82) is 0 Å². The fourth-order valence-electron chi connectivity index (χ4n) is 3.46. The summed E-state index contributed by atoms with van der Waals surface area (Å²) in [6.45, 7) is 4.53. The van der Waals surface area contributed by atoms with Crippen molar-refractivity contribution in [2.24, 2.45) is 5.92 Å². The first-order chi connectivity index (χ1) is 13.6. The lowest BCUT2D eigenvalue weighted by Gasteiger charge is -2.32. The number of carbonyl (C=O) groups is 2. The number of nitrogens with zero attached hydrogens (tertiary/aromatic N) is 4. The smallest absolute Gasteiger partial charge is 0.252 e. The van der Waals surface area contributed by atoms with E-state index in [4.69, 9.17) is 17.3 Å². The van der Waals surface area contributed by atoms with Gasteiger partial charge < -0.3 is 16.0 Å². The highest BCUT2D eigenvalue weighted by Gasteiger charge is 2.20. The molecule has 28 heavy (non-hydrogen) atoms. The SMILES string of the molecule is Nc1cc(C=O)c(C(=O)NCC2CCN(CCCn3ccnn3)CC2)cc1Cl. The van der Waals surface area contributed by atoms with Gasteiger partial charge in [0.05, 0.1) is 22.5 Å². The van der Waals surface area contributed by atoms with Crippen molar-refractivity contribution in [2.75, 3.05) is 31.9 Å². The summed E-state index contributed by atoms with van der Waals surface area (Å²) in [6, 6.07) is 2.88. The number of benzene rings is 1. The molecule has 3 rings (SSSR count). The number of likely N-dealkylation sites (tertiary alicyclic amines) is 1. The summed E-state index contributed by atoms with van der Waals surface area (Å²) in [5.41, 5.74) is 6.50. The Bertz CT molecular complexity index is 803. The van der Waals surface area contributed by atoms with Crippen molar-refractivity contribution in [3.63, 3.8) is 0 Å². The van der Waals surface area contributed by atoms with Gasteiger partial charge in [0.1, 0.15) is 0 Å². The van der Waals surface area contributed by atoms with Crippen LogP contribution in [0.5, 0.6) is 0 Å². The predicted octanol–water partition coefficient (Wildman–Crippen LogP) is 1.86. The Morgan fingerprint density at radius 3 is 2.79 bits per heavy atom. The number of rotatable bonds is 8. The number of piperidine rings is 1. The monoisotopic (exact) mass is 404 g/mol. The van der Waals surface area contributed by atoms with Crippen LogP contribution >= 0.6 is 11.6 Å². The van der Waals surface area contributed by atoms with Gasteiger partial charge in [-0.1, -0.05) is 16.8 Å². The molecule has 0 atom stereocenters. The van der Waals surface area contributed by atoms with Crippen molar-refractivity contribution in [3.05, 3.63) is 40.7 Å². The van der Waals surface area contributed by atoms with Crippen LogP contribution < -0.4 is 11.1 Å². The summed E-state index contributed by atoms with van der Waals surface area (Å²) < 4.78 is 1.85. The number of anilines is 1. The van der Waals surface area contributed by atoms with E-state index in [1.807, 2.05) is 10.9 Å². The molecule has 8 nitrogen and oxygen atoms in total. The van der Waals surface area contributed by atoms with Gasteiger partial charge in [-0.2, -0.15) is 0 Å². The molecule has 1 aromatic carbocycles. The maximum atomic E-state index is 12.5. The summed E-state index contributed by atoms with van der Waals surface area (Å²) in [5, 5.41) is 11.0. The third-order valence-corrected chi connectivity index (χ3v) is 5.46. The largest absolute Gasteiger partial charge is 0.398 e. The van der Waals surface area contributed by atoms with Crippen LogP contribution in [0.3, 0.4) is 0 Å². The molecule has 3 N–H and O–H groups in total. The molecule has 0 radical (unpaired) electrons. The molecule has 1 fully saturated rings. The first-order valence-electron chi connectivity index (χ1n) is 9.45. The highest BCUT2D eigenvalue weighted by molar-refractivity contribution is 6.33. The van der Waals surface area contributed by atoms with Crippen LogP contribution in [0.4, 0.5) is 5.69 Å². The molecule has 9 heteroatoms. The number of nitrogen functional groups attached to an aromatic ring is 1. The average molecular weight is 405 g/mol. The van der Waals surface area contributed by atoms with Crippen LogP contribution in [0.1, 0.15) is 40.0 Å². The molecule has 0 bridgehead atoms. The number of amides is 1. The van der Waals surface area contributed by atoms with Crippen LogP contribution in [0.2, 0.25) is 5.02 Å². The van der Waals surface area contributed by atoms with Gasteiger partial charge in [0.2, 0.25) is 0 Å². The highest BCUT2D eigenvalue weighted by atomic mass is 35.5. The number of nitrogens with two attached hydrogens (primary N) is 1. The standard InChI is InChI=1S/C19H25ClN6O2/c20-17-11-16(15(13-27)10-18(17)21)19(28)22-12-14-2-7-25(8-3-14)5-1-6-26-9-4-23-24-26/h4,9-11,13-14H,1-3,5-8,12,21H2,(H,22,28). The summed E-state index contributed by atoms with van der Waals surface area (Å²) in [5.74, 6) is 0.138. The number of hydrogen-bond acceptors (Lipinski definition) is 6. The minimum Gasteiger partial charge on any atom is -0.398 e. The number of aromatic nitrogens is 3. The topological polar surface area (TPSA) is 106 Å². The molecule has 1 aliphatic rings. The Morgan fingerprint density at radius 1 is 1.32 bits per heavy atom. The molecule has 2 aromatic rings. The Morgan fingerprint density at radius 2 is 2.11 bits per heavy atom. The molecule has 0 unspecified atom stereocenters. The molecule has 150 valence electrons. The second-order valence-electron chi connectivity index (χ2n) is 7.09. The van der Waals surface area contributed by atoms with Gasteiger partial charge in [0.25, 0.3) is 5.91 Å². The quantitative estimate of drug-likeness (QED) is 0.513. The van der Waals surface area contributed by atoms with Gasteiger partial charge in [-0.25, -0.2) is 0 Å². The number of aryl methyl sites for hydroxylation is 1. The van der Waals surface area contributed by atoms with Gasteiger partial charge in [0, 0.05) is 24.8 Å². The van der Waals surface area contributed by atoms with Crippen LogP contribution in [-0.4, -0.2) is 58.3 Å². The third kappa shape index (κ3) is 5.30. The van der Waals surface area contributed by atoms with Crippen molar-refractivity contribution in [1.82, 2.24) is 25.2 Å². The summed E-state index contributed by atoms with van der Waals surface area (Å²) in [4.78, 5) is 26.1. The van der Waals surface area contributed by atoms with Crippen molar-refractivity contribution < 1.29 is 9.59 Å². The minimum absolute atomic E-state index is 0.251. The van der Waals surface area contributed by atoms with E-state index in [-0.39, 0.29) is 27.7 Å². The molecular weight excluding hydrogens is 380 g/mol. The number of hydrogen-bond donors (Lipinski definition) is 2. The van der Waals surface area contributed by atoms with E-state index in [0.717, 1.165) is 45.4 Å². The van der Waals surface area contributed by atoms with E-state index in [2.05, 4.69) is 20.5 Å². The number of aldehydes is 1. The third-order valence-electron chi connectivity index (χ3n) is 5.13. The zero-order valence-corrected chi connectivity index (χ0v) is 16.4. The Kier molecular flexibility index (Phi) is 7.00. The Hall–Kier alpha value is -2.45. The average Bonchev–Trinajstić information content (AvgIpc) is 3.22. The zero-order chi connectivity index (χ0) is 19.9. The van der Waals surface area contributed by atoms with Crippen LogP contribution in [0, 0.1) is 5.92 Å². The summed E-state index contributed by atoms with van der Waals surface area (Å²) in [7, 11) is 0. The van der Waals surface area contributed by atoms with Gasteiger partial charge in [0.15, 0.2) is 6.29 Å². The minimum atomic E-state index is -0.292. The van der Waals surface area contributed by atoms with Crippen molar-refractivity contribution >= 4 is 29.5 Å².